The van der Waals surface area contributed by atoms with E-state index in [4.69, 9.17) is 4.74 Å². The highest BCUT2D eigenvalue weighted by atomic mass is 32.2. The van der Waals surface area contributed by atoms with E-state index in [-0.39, 0.29) is 5.91 Å². The van der Waals surface area contributed by atoms with Gasteiger partial charge in [-0.2, -0.15) is 0 Å². The standard InChI is InChI=1S/C19H17N3O2S/c1-24-16-4-2-3-14(11-16)18(23)21-15-7-5-13(6-8-15)17-12-25-19-20-9-10-22(17)19/h2-8,11-12H,9-10H2,1H3,(H,21,23). The van der Waals surface area contributed by atoms with E-state index in [0.29, 0.717) is 11.3 Å². The molecule has 1 amide bonds. The molecule has 1 N–H and O–H groups in total. The smallest absolute Gasteiger partial charge is 0.255 e. The summed E-state index contributed by atoms with van der Waals surface area (Å²) in [5.41, 5.74) is 3.63. The second-order valence-corrected chi connectivity index (χ2v) is 6.54. The molecule has 5 nitrogen and oxygen atoms in total. The summed E-state index contributed by atoms with van der Waals surface area (Å²) >= 11 is 1.66. The Kier molecular flexibility index (Phi) is 4.19. The lowest BCUT2D eigenvalue weighted by atomic mass is 10.1. The van der Waals surface area contributed by atoms with Crippen molar-refractivity contribution < 1.29 is 9.53 Å². The first kappa shape index (κ1) is 15.8. The average molecular weight is 351 g/mol. The van der Waals surface area contributed by atoms with Gasteiger partial charge in [-0.25, -0.2) is 0 Å². The number of carbonyl (C=O) groups is 1. The molecule has 2 aliphatic rings. The number of amidine groups is 1. The van der Waals surface area contributed by atoms with Crippen LogP contribution in [0.2, 0.25) is 0 Å². The Hall–Kier alpha value is -2.73. The van der Waals surface area contributed by atoms with Gasteiger partial charge in [-0.1, -0.05) is 30.0 Å². The fourth-order valence-corrected chi connectivity index (χ4v) is 3.80. The molecule has 6 heteroatoms. The number of ether oxygens (including phenoxy) is 1. The minimum absolute atomic E-state index is 0.156. The number of hydrogen-bond acceptors (Lipinski definition) is 5. The summed E-state index contributed by atoms with van der Waals surface area (Å²) in [6, 6.07) is 15.0. The number of aliphatic imine (C=N–C) groups is 1. The Bertz CT molecular complexity index is 874. The number of thioether (sulfide) groups is 1. The molecule has 0 unspecified atom stereocenters. The van der Waals surface area contributed by atoms with Crippen molar-refractivity contribution >= 4 is 34.2 Å². The van der Waals surface area contributed by atoms with Crippen molar-refractivity contribution in [3.05, 3.63) is 65.1 Å². The molecule has 0 aliphatic carbocycles. The van der Waals surface area contributed by atoms with Gasteiger partial charge in [0.2, 0.25) is 0 Å². The third kappa shape index (κ3) is 3.13. The molecule has 0 spiro atoms. The van der Waals surface area contributed by atoms with Gasteiger partial charge >= 0.3 is 0 Å². The minimum atomic E-state index is -0.156. The molecule has 0 fully saturated rings. The lowest BCUT2D eigenvalue weighted by Crippen LogP contribution is -2.19. The monoisotopic (exact) mass is 351 g/mol. The van der Waals surface area contributed by atoms with E-state index in [2.05, 4.69) is 20.6 Å². The number of amides is 1. The molecular formula is C19H17N3O2S. The molecule has 4 rings (SSSR count). The van der Waals surface area contributed by atoms with E-state index in [0.717, 1.165) is 29.5 Å². The number of fused-ring (bicyclic) bond motifs is 1. The van der Waals surface area contributed by atoms with Crippen molar-refractivity contribution in [1.29, 1.82) is 0 Å². The van der Waals surface area contributed by atoms with E-state index in [1.165, 1.54) is 5.70 Å². The number of rotatable bonds is 4. The van der Waals surface area contributed by atoms with Crippen LogP contribution >= 0.6 is 11.8 Å². The predicted octanol–water partition coefficient (Wildman–Crippen LogP) is 3.66. The number of hydrogen-bond donors (Lipinski definition) is 1. The number of nitrogens with zero attached hydrogens (tertiary/aromatic N) is 2. The Balaban J connectivity index is 1.47. The fourth-order valence-electron chi connectivity index (χ4n) is 2.84. The Labute approximate surface area is 150 Å². The van der Waals surface area contributed by atoms with Gasteiger partial charge in [0.15, 0.2) is 5.17 Å². The molecular weight excluding hydrogens is 334 g/mol. The molecule has 0 radical (unpaired) electrons. The predicted molar refractivity (Wildman–Crippen MR) is 102 cm³/mol. The van der Waals surface area contributed by atoms with Crippen molar-refractivity contribution in [3.63, 3.8) is 0 Å². The maximum absolute atomic E-state index is 12.4. The van der Waals surface area contributed by atoms with E-state index < -0.39 is 0 Å². The maximum atomic E-state index is 12.4. The van der Waals surface area contributed by atoms with Crippen LogP contribution in [-0.2, 0) is 0 Å². The van der Waals surface area contributed by atoms with Crippen molar-refractivity contribution in [2.24, 2.45) is 4.99 Å². The first-order chi connectivity index (χ1) is 12.2. The second kappa shape index (κ2) is 6.64. The fraction of sp³-hybridized carbons (Fsp3) is 0.158. The van der Waals surface area contributed by atoms with Crippen LogP contribution in [0.4, 0.5) is 5.69 Å². The summed E-state index contributed by atoms with van der Waals surface area (Å²) in [5.74, 6) is 0.507. The van der Waals surface area contributed by atoms with Gasteiger partial charge in [0.05, 0.1) is 19.4 Å². The molecule has 25 heavy (non-hydrogen) atoms. The summed E-state index contributed by atoms with van der Waals surface area (Å²) in [6.07, 6.45) is 0. The summed E-state index contributed by atoms with van der Waals surface area (Å²) in [5, 5.41) is 6.12. The topological polar surface area (TPSA) is 53.9 Å². The van der Waals surface area contributed by atoms with Gasteiger partial charge in [0.25, 0.3) is 5.91 Å². The molecule has 0 saturated heterocycles. The Morgan fingerprint density at radius 1 is 1.24 bits per heavy atom. The van der Waals surface area contributed by atoms with Gasteiger partial charge in [0, 0.05) is 23.2 Å². The van der Waals surface area contributed by atoms with Crippen LogP contribution in [-0.4, -0.2) is 36.2 Å². The van der Waals surface area contributed by atoms with Crippen molar-refractivity contribution in [2.75, 3.05) is 25.5 Å². The number of anilines is 1. The second-order valence-electron chi connectivity index (χ2n) is 5.70. The van der Waals surface area contributed by atoms with Crippen LogP contribution in [0.3, 0.4) is 0 Å². The zero-order valence-corrected chi connectivity index (χ0v) is 14.5. The van der Waals surface area contributed by atoms with E-state index in [9.17, 15) is 4.79 Å². The van der Waals surface area contributed by atoms with Gasteiger partial charge in [-0.05, 0) is 35.9 Å². The van der Waals surface area contributed by atoms with Crippen LogP contribution < -0.4 is 10.1 Å². The van der Waals surface area contributed by atoms with Crippen LogP contribution in [0.15, 0.2) is 58.9 Å². The first-order valence-electron chi connectivity index (χ1n) is 7.99. The van der Waals surface area contributed by atoms with Gasteiger partial charge in [-0.3, -0.25) is 9.79 Å². The van der Waals surface area contributed by atoms with Gasteiger partial charge in [0.1, 0.15) is 5.75 Å². The highest BCUT2D eigenvalue weighted by Gasteiger charge is 2.26. The van der Waals surface area contributed by atoms with Crippen LogP contribution in [0.1, 0.15) is 15.9 Å². The summed E-state index contributed by atoms with van der Waals surface area (Å²) in [6.45, 7) is 1.79. The number of methoxy groups -OCH3 is 1. The third-order valence-corrected chi connectivity index (χ3v) is 5.04. The lowest BCUT2D eigenvalue weighted by molar-refractivity contribution is 0.102. The largest absolute Gasteiger partial charge is 0.497 e. The molecule has 0 saturated carbocycles. The highest BCUT2D eigenvalue weighted by molar-refractivity contribution is 8.16. The van der Waals surface area contributed by atoms with Crippen molar-refractivity contribution in [2.45, 2.75) is 0 Å². The summed E-state index contributed by atoms with van der Waals surface area (Å²) < 4.78 is 5.16. The normalized spacial score (nSPS) is 15.5. The maximum Gasteiger partial charge on any atom is 0.255 e. The van der Waals surface area contributed by atoms with Crippen LogP contribution in [0.5, 0.6) is 5.75 Å². The molecule has 126 valence electrons. The first-order valence-corrected chi connectivity index (χ1v) is 8.87. The minimum Gasteiger partial charge on any atom is -0.497 e. The van der Waals surface area contributed by atoms with E-state index >= 15 is 0 Å². The third-order valence-electron chi connectivity index (χ3n) is 4.14. The zero-order valence-electron chi connectivity index (χ0n) is 13.7. The molecule has 0 bridgehead atoms. The van der Waals surface area contributed by atoms with Crippen molar-refractivity contribution in [1.82, 2.24) is 4.90 Å². The molecule has 2 aliphatic heterocycles. The highest BCUT2D eigenvalue weighted by Crippen LogP contribution is 2.35. The molecule has 0 aromatic heterocycles. The molecule has 2 aromatic carbocycles. The van der Waals surface area contributed by atoms with Crippen LogP contribution in [0.25, 0.3) is 5.70 Å². The number of benzene rings is 2. The lowest BCUT2D eigenvalue weighted by Gasteiger charge is -2.17. The number of carbonyl (C=O) groups excluding carboxylic acids is 1. The number of nitrogens with one attached hydrogen (secondary N) is 1. The zero-order chi connectivity index (χ0) is 17.2. The van der Waals surface area contributed by atoms with Crippen LogP contribution in [0, 0.1) is 0 Å². The summed E-state index contributed by atoms with van der Waals surface area (Å²) in [7, 11) is 1.59. The van der Waals surface area contributed by atoms with Crippen molar-refractivity contribution in [3.8, 4) is 5.75 Å². The molecule has 0 atom stereocenters. The Morgan fingerprint density at radius 3 is 2.88 bits per heavy atom. The molecule has 2 aromatic rings. The quantitative estimate of drug-likeness (QED) is 0.913. The van der Waals surface area contributed by atoms with Gasteiger partial charge < -0.3 is 15.0 Å². The van der Waals surface area contributed by atoms with Gasteiger partial charge in [-0.15, -0.1) is 0 Å². The van der Waals surface area contributed by atoms with E-state index in [1.807, 2.05) is 30.3 Å². The summed E-state index contributed by atoms with van der Waals surface area (Å²) in [4.78, 5) is 19.1. The average Bonchev–Trinajstić information content (AvgIpc) is 3.26. The SMILES string of the molecule is COc1cccc(C(=O)Nc2ccc(C3=CSC4=NCCN34)cc2)c1. The van der Waals surface area contributed by atoms with E-state index in [1.54, 1.807) is 37.1 Å². The molecule has 2 heterocycles. The Morgan fingerprint density at radius 2 is 2.08 bits per heavy atom.